The van der Waals surface area contributed by atoms with E-state index in [-0.39, 0.29) is 10.8 Å². The molecule has 0 spiro atoms. The summed E-state index contributed by atoms with van der Waals surface area (Å²) in [6.07, 6.45) is 4.97. The summed E-state index contributed by atoms with van der Waals surface area (Å²) in [7, 11) is 0. The fourth-order valence-corrected chi connectivity index (χ4v) is 3.04. The Morgan fingerprint density at radius 2 is 1.40 bits per heavy atom. The first-order chi connectivity index (χ1) is 11.4. The number of ether oxygens (including phenoxy) is 1. The second-order valence-corrected chi connectivity index (χ2v) is 9.84. The van der Waals surface area contributed by atoms with Crippen molar-refractivity contribution in [2.24, 2.45) is 5.92 Å². The minimum absolute atomic E-state index is 0.0864. The predicted octanol–water partition coefficient (Wildman–Crippen LogP) is 6.72. The van der Waals surface area contributed by atoms with E-state index in [2.05, 4.69) is 67.5 Å². The number of aromatic hydroxyl groups is 1. The Morgan fingerprint density at radius 1 is 0.880 bits per heavy atom. The van der Waals surface area contributed by atoms with Crippen molar-refractivity contribution < 1.29 is 9.84 Å². The van der Waals surface area contributed by atoms with E-state index in [0.717, 1.165) is 35.6 Å². The molecule has 0 saturated heterocycles. The maximum absolute atomic E-state index is 10.8. The third-order valence-electron chi connectivity index (χ3n) is 4.62. The highest BCUT2D eigenvalue weighted by atomic mass is 16.5. The quantitative estimate of drug-likeness (QED) is 0.528. The summed E-state index contributed by atoms with van der Waals surface area (Å²) < 4.78 is 5.92. The molecule has 0 atom stereocenters. The van der Waals surface area contributed by atoms with E-state index >= 15 is 0 Å². The van der Waals surface area contributed by atoms with Crippen LogP contribution in [0.15, 0.2) is 12.1 Å². The second-order valence-electron chi connectivity index (χ2n) is 9.84. The molecule has 2 nitrogen and oxygen atoms in total. The van der Waals surface area contributed by atoms with Crippen LogP contribution in [-0.2, 0) is 22.2 Å². The van der Waals surface area contributed by atoms with Crippen molar-refractivity contribution >= 4 is 0 Å². The van der Waals surface area contributed by atoms with Crippen molar-refractivity contribution in [3.05, 3.63) is 28.8 Å². The summed E-state index contributed by atoms with van der Waals surface area (Å²) >= 11 is 0. The van der Waals surface area contributed by atoms with Gasteiger partial charge in [0.1, 0.15) is 5.75 Å². The number of unbranched alkanes of at least 4 members (excludes halogenated alkanes) is 2. The SMILES string of the molecule is CC(C)CCCCCOCc1cc(C(C)(C)C)c(O)c(C(C)(C)C)c1. The number of hydrogen-bond donors (Lipinski definition) is 1. The standard InChI is InChI=1S/C23H40O2/c1-17(2)12-10-9-11-13-25-16-18-14-19(22(3,4)5)21(24)20(15-18)23(6,7)8/h14-15,17,24H,9-13,16H2,1-8H3. The molecule has 0 aliphatic carbocycles. The molecule has 0 fully saturated rings. The molecule has 1 aromatic rings. The number of phenols is 1. The van der Waals surface area contributed by atoms with Crippen molar-refractivity contribution in [2.45, 2.75) is 98.5 Å². The summed E-state index contributed by atoms with van der Waals surface area (Å²) in [4.78, 5) is 0. The number of benzene rings is 1. The molecule has 1 rings (SSSR count). The van der Waals surface area contributed by atoms with Gasteiger partial charge in [-0.3, -0.25) is 0 Å². The lowest BCUT2D eigenvalue weighted by atomic mass is 9.78. The highest BCUT2D eigenvalue weighted by molar-refractivity contribution is 5.49. The first-order valence-corrected chi connectivity index (χ1v) is 9.87. The monoisotopic (exact) mass is 348 g/mol. The lowest BCUT2D eigenvalue weighted by Gasteiger charge is -2.28. The smallest absolute Gasteiger partial charge is 0.123 e. The van der Waals surface area contributed by atoms with E-state index in [9.17, 15) is 5.11 Å². The van der Waals surface area contributed by atoms with Crippen LogP contribution < -0.4 is 0 Å². The Hall–Kier alpha value is -1.02. The van der Waals surface area contributed by atoms with E-state index in [1.165, 1.54) is 19.3 Å². The first-order valence-electron chi connectivity index (χ1n) is 9.87. The maximum Gasteiger partial charge on any atom is 0.123 e. The Morgan fingerprint density at radius 3 is 1.84 bits per heavy atom. The van der Waals surface area contributed by atoms with E-state index in [4.69, 9.17) is 4.74 Å². The highest BCUT2D eigenvalue weighted by Gasteiger charge is 2.26. The van der Waals surface area contributed by atoms with Gasteiger partial charge in [0.25, 0.3) is 0 Å². The molecule has 25 heavy (non-hydrogen) atoms. The third kappa shape index (κ3) is 7.40. The van der Waals surface area contributed by atoms with Gasteiger partial charge >= 0.3 is 0 Å². The molecule has 0 aliphatic heterocycles. The molecule has 0 unspecified atom stereocenters. The maximum atomic E-state index is 10.8. The third-order valence-corrected chi connectivity index (χ3v) is 4.62. The van der Waals surface area contributed by atoms with Crippen LogP contribution in [0.4, 0.5) is 0 Å². The zero-order valence-corrected chi connectivity index (χ0v) is 17.8. The van der Waals surface area contributed by atoms with E-state index in [0.29, 0.717) is 12.4 Å². The first kappa shape index (κ1) is 22.0. The van der Waals surface area contributed by atoms with Gasteiger partial charge in [0.15, 0.2) is 0 Å². The molecule has 0 heterocycles. The van der Waals surface area contributed by atoms with Crippen LogP contribution in [0.2, 0.25) is 0 Å². The number of hydrogen-bond acceptors (Lipinski definition) is 2. The topological polar surface area (TPSA) is 29.5 Å². The van der Waals surface area contributed by atoms with Crippen molar-refractivity contribution in [3.63, 3.8) is 0 Å². The molecule has 1 N–H and O–H groups in total. The van der Waals surface area contributed by atoms with Crippen LogP contribution >= 0.6 is 0 Å². The van der Waals surface area contributed by atoms with Gasteiger partial charge in [-0.15, -0.1) is 0 Å². The normalized spacial score (nSPS) is 12.8. The number of phenolic OH excluding ortho intramolecular Hbond substituents is 1. The van der Waals surface area contributed by atoms with Gasteiger partial charge in [-0.25, -0.2) is 0 Å². The Balaban J connectivity index is 2.74. The largest absolute Gasteiger partial charge is 0.507 e. The molecule has 144 valence electrons. The van der Waals surface area contributed by atoms with E-state index < -0.39 is 0 Å². The van der Waals surface area contributed by atoms with Crippen LogP contribution in [0.5, 0.6) is 5.75 Å². The van der Waals surface area contributed by atoms with Crippen molar-refractivity contribution in [1.82, 2.24) is 0 Å². The minimum Gasteiger partial charge on any atom is -0.507 e. The summed E-state index contributed by atoms with van der Waals surface area (Å²) in [5, 5.41) is 10.8. The predicted molar refractivity (Wildman–Crippen MR) is 108 cm³/mol. The molecule has 0 aromatic heterocycles. The summed E-state index contributed by atoms with van der Waals surface area (Å²) in [6, 6.07) is 4.23. The van der Waals surface area contributed by atoms with Crippen LogP contribution in [0.1, 0.15) is 97.8 Å². The molecule has 0 amide bonds. The number of rotatable bonds is 8. The lowest BCUT2D eigenvalue weighted by molar-refractivity contribution is 0.116. The van der Waals surface area contributed by atoms with Crippen molar-refractivity contribution in [1.29, 1.82) is 0 Å². The molecule has 0 saturated carbocycles. The summed E-state index contributed by atoms with van der Waals surface area (Å²) in [5.74, 6) is 1.24. The van der Waals surface area contributed by atoms with Gasteiger partial charge in [-0.2, -0.15) is 0 Å². The molecule has 1 aromatic carbocycles. The zero-order valence-electron chi connectivity index (χ0n) is 17.8. The average molecular weight is 349 g/mol. The zero-order chi connectivity index (χ0) is 19.3. The van der Waals surface area contributed by atoms with Gasteiger partial charge in [-0.1, -0.05) is 74.7 Å². The van der Waals surface area contributed by atoms with Gasteiger partial charge in [0, 0.05) is 6.61 Å². The molecule has 0 aliphatic rings. The van der Waals surface area contributed by atoms with Gasteiger partial charge in [0.05, 0.1) is 6.61 Å². The fourth-order valence-electron chi connectivity index (χ4n) is 3.04. The van der Waals surface area contributed by atoms with Gasteiger partial charge in [0.2, 0.25) is 0 Å². The van der Waals surface area contributed by atoms with Crippen LogP contribution in [0.25, 0.3) is 0 Å². The molecular weight excluding hydrogens is 308 g/mol. The van der Waals surface area contributed by atoms with E-state index in [1.807, 2.05) is 0 Å². The van der Waals surface area contributed by atoms with Crippen LogP contribution in [0, 0.1) is 5.92 Å². The Bertz CT molecular complexity index is 495. The minimum atomic E-state index is -0.0864. The Labute approximate surface area is 156 Å². The fraction of sp³-hybridized carbons (Fsp3) is 0.739. The lowest BCUT2D eigenvalue weighted by Crippen LogP contribution is -2.18. The van der Waals surface area contributed by atoms with Crippen LogP contribution in [-0.4, -0.2) is 11.7 Å². The molecular formula is C23H40O2. The summed E-state index contributed by atoms with van der Waals surface area (Å²) in [6.45, 7) is 18.9. The Kier molecular flexibility index (Phi) is 7.99. The molecule has 0 radical (unpaired) electrons. The summed E-state index contributed by atoms with van der Waals surface area (Å²) in [5.41, 5.74) is 3.01. The van der Waals surface area contributed by atoms with Gasteiger partial charge in [-0.05, 0) is 52.0 Å². The second kappa shape index (κ2) is 9.07. The highest BCUT2D eigenvalue weighted by Crippen LogP contribution is 2.39. The molecule has 2 heteroatoms. The average Bonchev–Trinajstić information content (AvgIpc) is 2.44. The van der Waals surface area contributed by atoms with Crippen molar-refractivity contribution in [2.75, 3.05) is 6.61 Å². The van der Waals surface area contributed by atoms with Gasteiger partial charge < -0.3 is 9.84 Å². The van der Waals surface area contributed by atoms with Crippen molar-refractivity contribution in [3.8, 4) is 5.75 Å². The molecule has 0 bridgehead atoms. The van der Waals surface area contributed by atoms with E-state index in [1.54, 1.807) is 0 Å². The van der Waals surface area contributed by atoms with Crippen LogP contribution in [0.3, 0.4) is 0 Å².